The average molecular weight is 474 g/mol. The van der Waals surface area contributed by atoms with Gasteiger partial charge in [0.1, 0.15) is 5.75 Å². The zero-order valence-electron chi connectivity index (χ0n) is 19.1. The Morgan fingerprint density at radius 1 is 0.939 bits per heavy atom. The molecule has 0 saturated heterocycles. The fourth-order valence-corrected chi connectivity index (χ4v) is 5.77. The van der Waals surface area contributed by atoms with Gasteiger partial charge in [0.15, 0.2) is 0 Å². The Kier molecular flexibility index (Phi) is 9.76. The van der Waals surface area contributed by atoms with Crippen molar-refractivity contribution in [2.45, 2.75) is 75.1 Å². The van der Waals surface area contributed by atoms with E-state index in [-0.39, 0.29) is 12.5 Å². The molecule has 1 aliphatic carbocycles. The Bertz CT molecular complexity index is 969. The second-order valence-electron chi connectivity index (χ2n) is 8.85. The molecule has 0 unspecified atom stereocenters. The normalized spacial score (nSPS) is 18.7. The van der Waals surface area contributed by atoms with Crippen molar-refractivity contribution in [3.8, 4) is 5.75 Å². The minimum absolute atomic E-state index is 0.0288. The van der Waals surface area contributed by atoms with Crippen molar-refractivity contribution in [3.05, 3.63) is 60.2 Å². The highest BCUT2D eigenvalue weighted by Crippen LogP contribution is 2.29. The van der Waals surface area contributed by atoms with E-state index in [1.54, 1.807) is 24.3 Å². The number of aryl methyl sites for hydroxylation is 1. The predicted octanol–water partition coefficient (Wildman–Crippen LogP) is 5.18. The molecule has 3 rings (SSSR count). The molecule has 0 heterocycles. The van der Waals surface area contributed by atoms with Crippen LogP contribution in [0.5, 0.6) is 5.75 Å². The highest BCUT2D eigenvalue weighted by atomic mass is 32.2. The summed E-state index contributed by atoms with van der Waals surface area (Å²) in [6.45, 7) is 0.637. The van der Waals surface area contributed by atoms with Crippen molar-refractivity contribution in [1.29, 1.82) is 0 Å². The Morgan fingerprint density at radius 3 is 2.36 bits per heavy atom. The van der Waals surface area contributed by atoms with Gasteiger partial charge in [-0.1, -0.05) is 55.7 Å². The smallest absolute Gasteiger partial charge is 0.303 e. The molecule has 2 N–H and O–H groups in total. The minimum Gasteiger partial charge on any atom is -0.493 e. The summed E-state index contributed by atoms with van der Waals surface area (Å²) in [5.41, 5.74) is 0.944. The number of carbonyl (C=O) groups is 1. The molecule has 0 aliphatic heterocycles. The van der Waals surface area contributed by atoms with E-state index in [1.165, 1.54) is 6.42 Å². The van der Waals surface area contributed by atoms with E-state index >= 15 is 0 Å². The number of aliphatic carboxylic acids is 1. The van der Waals surface area contributed by atoms with Crippen LogP contribution in [0.1, 0.15) is 63.4 Å². The molecule has 1 saturated carbocycles. The lowest BCUT2D eigenvalue weighted by Gasteiger charge is -2.29. The van der Waals surface area contributed by atoms with Crippen molar-refractivity contribution < 1.29 is 23.1 Å². The SMILES string of the molecule is O=C(O)CCc1ccccc1OCCCCCC1CCC(NS(=O)(=O)c2ccccc2)CC1. The fraction of sp³-hybridized carbons (Fsp3) is 0.500. The zero-order valence-corrected chi connectivity index (χ0v) is 19.9. The Hall–Kier alpha value is -2.38. The lowest BCUT2D eigenvalue weighted by molar-refractivity contribution is -0.136. The van der Waals surface area contributed by atoms with Gasteiger partial charge in [-0.15, -0.1) is 0 Å². The van der Waals surface area contributed by atoms with Gasteiger partial charge < -0.3 is 9.84 Å². The van der Waals surface area contributed by atoms with Gasteiger partial charge >= 0.3 is 5.97 Å². The van der Waals surface area contributed by atoms with E-state index < -0.39 is 16.0 Å². The molecule has 1 fully saturated rings. The number of hydrogen-bond acceptors (Lipinski definition) is 4. The van der Waals surface area contributed by atoms with Crippen LogP contribution in [0.15, 0.2) is 59.5 Å². The Balaban J connectivity index is 1.29. The molecule has 2 aromatic rings. The molecular weight excluding hydrogens is 438 g/mol. The largest absolute Gasteiger partial charge is 0.493 e. The summed E-state index contributed by atoms with van der Waals surface area (Å²) in [7, 11) is -3.43. The van der Waals surface area contributed by atoms with Gasteiger partial charge in [-0.3, -0.25) is 4.79 Å². The molecule has 2 aromatic carbocycles. The topological polar surface area (TPSA) is 92.7 Å². The number of para-hydroxylation sites is 1. The van der Waals surface area contributed by atoms with Crippen molar-refractivity contribution in [2.24, 2.45) is 5.92 Å². The first-order valence-electron chi connectivity index (χ1n) is 11.9. The first kappa shape index (κ1) is 25.2. The molecular formula is C26H35NO5S. The van der Waals surface area contributed by atoms with Gasteiger partial charge in [0.25, 0.3) is 0 Å². The molecule has 0 aromatic heterocycles. The van der Waals surface area contributed by atoms with Crippen LogP contribution in [0.25, 0.3) is 0 Å². The predicted molar refractivity (Wildman–Crippen MR) is 129 cm³/mol. The summed E-state index contributed by atoms with van der Waals surface area (Å²) in [5.74, 6) is 0.655. The first-order chi connectivity index (χ1) is 15.9. The number of unbranched alkanes of at least 4 members (excludes halogenated alkanes) is 2. The lowest BCUT2D eigenvalue weighted by Crippen LogP contribution is -2.37. The highest BCUT2D eigenvalue weighted by molar-refractivity contribution is 7.89. The van der Waals surface area contributed by atoms with Gasteiger partial charge in [-0.05, 0) is 68.2 Å². The van der Waals surface area contributed by atoms with E-state index in [4.69, 9.17) is 9.84 Å². The molecule has 33 heavy (non-hydrogen) atoms. The number of hydrogen-bond donors (Lipinski definition) is 2. The van der Waals surface area contributed by atoms with Crippen LogP contribution in [-0.2, 0) is 21.2 Å². The van der Waals surface area contributed by atoms with Gasteiger partial charge in [0.05, 0.1) is 11.5 Å². The van der Waals surface area contributed by atoms with Crippen LogP contribution < -0.4 is 9.46 Å². The van der Waals surface area contributed by atoms with Crippen LogP contribution in [0.2, 0.25) is 0 Å². The second kappa shape index (κ2) is 12.8. The molecule has 0 bridgehead atoms. The van der Waals surface area contributed by atoms with Crippen molar-refractivity contribution >= 4 is 16.0 Å². The van der Waals surface area contributed by atoms with E-state index in [9.17, 15) is 13.2 Å². The summed E-state index contributed by atoms with van der Waals surface area (Å²) in [6, 6.07) is 16.2. The van der Waals surface area contributed by atoms with E-state index in [2.05, 4.69) is 4.72 Å². The van der Waals surface area contributed by atoms with E-state index in [1.807, 2.05) is 30.3 Å². The summed E-state index contributed by atoms with van der Waals surface area (Å²) in [4.78, 5) is 11.1. The summed E-state index contributed by atoms with van der Waals surface area (Å²) < 4.78 is 33.8. The number of ether oxygens (including phenoxy) is 1. The van der Waals surface area contributed by atoms with Crippen molar-refractivity contribution in [2.75, 3.05) is 6.61 Å². The fourth-order valence-electron chi connectivity index (χ4n) is 4.44. The molecule has 1 aliphatic rings. The molecule has 7 heteroatoms. The second-order valence-corrected chi connectivity index (χ2v) is 10.6. The van der Waals surface area contributed by atoms with Crippen molar-refractivity contribution in [3.63, 3.8) is 0 Å². The third-order valence-electron chi connectivity index (χ3n) is 6.32. The standard InChI is InChI=1S/C26H35NO5S/c28-26(29)19-16-22-10-6-7-13-25(22)32-20-8-2-3-9-21-14-17-23(18-15-21)27-33(30,31)24-11-4-1-5-12-24/h1,4-7,10-13,21,23,27H,2-3,8-9,14-20H2,(H,28,29). The maximum Gasteiger partial charge on any atom is 0.303 e. The number of carboxylic acid groups (broad SMARTS) is 1. The Morgan fingerprint density at radius 2 is 1.64 bits per heavy atom. The lowest BCUT2D eigenvalue weighted by atomic mass is 9.83. The van der Waals surface area contributed by atoms with Crippen LogP contribution in [0.4, 0.5) is 0 Å². The van der Waals surface area contributed by atoms with Crippen LogP contribution >= 0.6 is 0 Å². The van der Waals surface area contributed by atoms with E-state index in [0.717, 1.165) is 56.3 Å². The average Bonchev–Trinajstić information content (AvgIpc) is 2.82. The molecule has 180 valence electrons. The summed E-state index contributed by atoms with van der Waals surface area (Å²) >= 11 is 0. The van der Waals surface area contributed by atoms with Gasteiger partial charge in [-0.2, -0.15) is 0 Å². The number of rotatable bonds is 13. The maximum absolute atomic E-state index is 12.5. The first-order valence-corrected chi connectivity index (χ1v) is 13.4. The summed E-state index contributed by atoms with van der Waals surface area (Å²) in [6.07, 6.45) is 8.90. The van der Waals surface area contributed by atoms with Crippen molar-refractivity contribution in [1.82, 2.24) is 4.72 Å². The van der Waals surface area contributed by atoms with Crippen LogP contribution in [0.3, 0.4) is 0 Å². The highest BCUT2D eigenvalue weighted by Gasteiger charge is 2.25. The summed E-state index contributed by atoms with van der Waals surface area (Å²) in [5, 5.41) is 8.89. The quantitative estimate of drug-likeness (QED) is 0.391. The van der Waals surface area contributed by atoms with Gasteiger partial charge in [0, 0.05) is 12.5 Å². The third-order valence-corrected chi connectivity index (χ3v) is 7.85. The molecule has 0 amide bonds. The van der Waals surface area contributed by atoms with Crippen LogP contribution in [0, 0.1) is 5.92 Å². The monoisotopic (exact) mass is 473 g/mol. The maximum atomic E-state index is 12.5. The Labute approximate surface area is 197 Å². The van der Waals surface area contributed by atoms with E-state index in [0.29, 0.717) is 23.8 Å². The van der Waals surface area contributed by atoms with Gasteiger partial charge in [0.2, 0.25) is 10.0 Å². The minimum atomic E-state index is -3.43. The van der Waals surface area contributed by atoms with Crippen LogP contribution in [-0.4, -0.2) is 32.1 Å². The number of nitrogens with one attached hydrogen (secondary N) is 1. The molecule has 0 spiro atoms. The molecule has 0 atom stereocenters. The number of carboxylic acids is 1. The third kappa shape index (κ3) is 8.48. The zero-order chi connectivity index (χ0) is 23.5. The number of benzene rings is 2. The molecule has 6 nitrogen and oxygen atoms in total. The van der Waals surface area contributed by atoms with Gasteiger partial charge in [-0.25, -0.2) is 13.1 Å². The molecule has 0 radical (unpaired) electrons. The number of sulfonamides is 1.